The summed E-state index contributed by atoms with van der Waals surface area (Å²) in [5.41, 5.74) is 3.56. The molecule has 3 atom stereocenters. The predicted octanol–water partition coefficient (Wildman–Crippen LogP) is 4.28. The number of halogens is 1. The molecule has 2 aromatic carbocycles. The van der Waals surface area contributed by atoms with Crippen molar-refractivity contribution in [3.8, 4) is 6.07 Å². The molecule has 2 aromatic rings. The molecule has 29 heavy (non-hydrogen) atoms. The fourth-order valence-electron chi connectivity index (χ4n) is 4.59. The van der Waals surface area contributed by atoms with E-state index in [9.17, 15) is 19.6 Å². The average Bonchev–Trinajstić information content (AvgIpc) is 2.74. The van der Waals surface area contributed by atoms with Crippen LogP contribution in [0.5, 0.6) is 0 Å². The van der Waals surface area contributed by atoms with Crippen molar-refractivity contribution >= 4 is 11.5 Å². The largest absolute Gasteiger partial charge is 0.394 e. The third-order valence-corrected chi connectivity index (χ3v) is 5.99. The van der Waals surface area contributed by atoms with E-state index in [1.165, 1.54) is 41.2 Å². The zero-order valence-electron chi connectivity index (χ0n) is 16.1. The molecule has 1 amide bonds. The first-order valence-corrected chi connectivity index (χ1v) is 10.0. The Balaban J connectivity index is 1.69. The number of benzene rings is 2. The topological polar surface area (TPSA) is 64.3 Å². The first-order valence-electron chi connectivity index (χ1n) is 10.0. The third kappa shape index (κ3) is 3.45. The lowest BCUT2D eigenvalue weighted by molar-refractivity contribution is -0.00595. The number of rotatable bonds is 4. The van der Waals surface area contributed by atoms with Gasteiger partial charge in [0.05, 0.1) is 18.7 Å². The maximum absolute atomic E-state index is 13.6. The van der Waals surface area contributed by atoms with Crippen LogP contribution in [-0.4, -0.2) is 34.6 Å². The summed E-state index contributed by atoms with van der Waals surface area (Å²) >= 11 is 0. The van der Waals surface area contributed by atoms with Crippen LogP contribution in [0, 0.1) is 17.1 Å². The van der Waals surface area contributed by atoms with Crippen LogP contribution in [0.1, 0.15) is 53.1 Å². The van der Waals surface area contributed by atoms with E-state index in [2.05, 4.69) is 18.2 Å². The zero-order valence-corrected chi connectivity index (χ0v) is 16.1. The van der Waals surface area contributed by atoms with Gasteiger partial charge in [-0.15, -0.1) is 0 Å². The number of aliphatic hydroxyl groups excluding tert-OH is 1. The van der Waals surface area contributed by atoms with Gasteiger partial charge in [-0.2, -0.15) is 5.26 Å². The van der Waals surface area contributed by atoms with Crippen molar-refractivity contribution in [2.24, 2.45) is 0 Å². The van der Waals surface area contributed by atoms with Crippen LogP contribution in [0.25, 0.3) is 5.57 Å². The average molecular weight is 390 g/mol. The van der Waals surface area contributed by atoms with Crippen molar-refractivity contribution in [1.82, 2.24) is 4.90 Å². The van der Waals surface area contributed by atoms with Gasteiger partial charge in [-0.1, -0.05) is 36.4 Å². The molecule has 148 valence electrons. The van der Waals surface area contributed by atoms with Crippen molar-refractivity contribution in [2.45, 2.75) is 43.7 Å². The minimum absolute atomic E-state index is 0.186. The van der Waals surface area contributed by atoms with Gasteiger partial charge in [-0.25, -0.2) is 4.39 Å². The normalized spacial score (nSPS) is 23.7. The summed E-state index contributed by atoms with van der Waals surface area (Å²) in [6.07, 6.45) is 6.62. The van der Waals surface area contributed by atoms with Gasteiger partial charge in [0.1, 0.15) is 11.9 Å². The van der Waals surface area contributed by atoms with Gasteiger partial charge in [-0.05, 0) is 60.6 Å². The maximum Gasteiger partial charge on any atom is 0.255 e. The van der Waals surface area contributed by atoms with Gasteiger partial charge in [0, 0.05) is 11.5 Å². The molecular formula is C24H23FN2O2. The standard InChI is InChI=1S/C24H23FN2O2/c25-18-10-6-9-17(13-18)24(29)27-21(14-26)23(22(27)15-28)20-12-5-4-11-19(20)16-7-2-1-3-8-16/h4-7,9-13,21-23,28H,1-3,8,15H2/t21-,22+,23-/m1/s1. The van der Waals surface area contributed by atoms with E-state index in [0.717, 1.165) is 30.4 Å². The Morgan fingerprint density at radius 1 is 1.21 bits per heavy atom. The van der Waals surface area contributed by atoms with Gasteiger partial charge < -0.3 is 10.0 Å². The lowest BCUT2D eigenvalue weighted by Gasteiger charge is -2.52. The van der Waals surface area contributed by atoms with Crippen molar-refractivity contribution in [3.63, 3.8) is 0 Å². The van der Waals surface area contributed by atoms with Crippen LogP contribution in [0.15, 0.2) is 54.6 Å². The van der Waals surface area contributed by atoms with E-state index < -0.39 is 23.8 Å². The highest BCUT2D eigenvalue weighted by atomic mass is 19.1. The predicted molar refractivity (Wildman–Crippen MR) is 108 cm³/mol. The van der Waals surface area contributed by atoms with Crippen LogP contribution in [0.4, 0.5) is 4.39 Å². The minimum Gasteiger partial charge on any atom is -0.394 e. The second kappa shape index (κ2) is 8.18. The van der Waals surface area contributed by atoms with Gasteiger partial charge in [0.2, 0.25) is 0 Å². The second-order valence-electron chi connectivity index (χ2n) is 7.63. The summed E-state index contributed by atoms with van der Waals surface area (Å²) in [6.45, 7) is -0.253. The molecule has 0 radical (unpaired) electrons. The summed E-state index contributed by atoms with van der Waals surface area (Å²) in [7, 11) is 0. The smallest absolute Gasteiger partial charge is 0.255 e. The molecule has 1 fully saturated rings. The van der Waals surface area contributed by atoms with E-state index in [1.54, 1.807) is 0 Å². The molecule has 0 unspecified atom stereocenters. The minimum atomic E-state index is -0.701. The van der Waals surface area contributed by atoms with Gasteiger partial charge in [0.25, 0.3) is 5.91 Å². The summed E-state index contributed by atoms with van der Waals surface area (Å²) in [5.74, 6) is -1.21. The monoisotopic (exact) mass is 390 g/mol. The summed E-state index contributed by atoms with van der Waals surface area (Å²) in [6, 6.07) is 14.4. The Morgan fingerprint density at radius 3 is 2.72 bits per heavy atom. The summed E-state index contributed by atoms with van der Waals surface area (Å²) < 4.78 is 13.6. The number of nitrogens with zero attached hydrogens (tertiary/aromatic N) is 2. The Labute approximate surface area is 169 Å². The number of hydrogen-bond donors (Lipinski definition) is 1. The van der Waals surface area contributed by atoms with Gasteiger partial charge in [-0.3, -0.25) is 4.79 Å². The summed E-state index contributed by atoms with van der Waals surface area (Å²) in [4.78, 5) is 14.4. The van der Waals surface area contributed by atoms with Crippen molar-refractivity contribution < 1.29 is 14.3 Å². The highest BCUT2D eigenvalue weighted by molar-refractivity contribution is 5.96. The van der Waals surface area contributed by atoms with Gasteiger partial charge >= 0.3 is 0 Å². The number of amides is 1. The molecule has 1 N–H and O–H groups in total. The molecule has 0 aromatic heterocycles. The summed E-state index contributed by atoms with van der Waals surface area (Å²) in [5, 5.41) is 19.9. The number of carbonyl (C=O) groups excluding carboxylic acids is 1. The van der Waals surface area contributed by atoms with Gasteiger partial charge in [0.15, 0.2) is 0 Å². The number of allylic oxidation sites excluding steroid dienone is 2. The zero-order chi connectivity index (χ0) is 20.4. The van der Waals surface area contributed by atoms with Crippen LogP contribution >= 0.6 is 0 Å². The second-order valence-corrected chi connectivity index (χ2v) is 7.63. The first-order chi connectivity index (χ1) is 14.2. The molecule has 4 rings (SSSR count). The fraction of sp³-hybridized carbons (Fsp3) is 0.333. The SMILES string of the molecule is N#C[C@@H]1[C@@H](c2ccccc2C2=CCCCC2)[C@H](CO)N1C(=O)c1cccc(F)c1. The molecule has 0 saturated carbocycles. The molecule has 1 aliphatic carbocycles. The molecule has 1 aliphatic heterocycles. The molecule has 0 spiro atoms. The first kappa shape index (κ1) is 19.4. The molecule has 1 heterocycles. The highest BCUT2D eigenvalue weighted by Crippen LogP contribution is 2.44. The van der Waals surface area contributed by atoms with E-state index >= 15 is 0 Å². The van der Waals surface area contributed by atoms with Crippen LogP contribution in [-0.2, 0) is 0 Å². The molecule has 0 bridgehead atoms. The van der Waals surface area contributed by atoms with E-state index in [1.807, 2.05) is 18.2 Å². The lowest BCUT2D eigenvalue weighted by atomic mass is 9.72. The Morgan fingerprint density at radius 2 is 2.03 bits per heavy atom. The maximum atomic E-state index is 13.6. The molecule has 1 saturated heterocycles. The van der Waals surface area contributed by atoms with Crippen molar-refractivity contribution in [3.05, 3.63) is 77.1 Å². The van der Waals surface area contributed by atoms with E-state index in [0.29, 0.717) is 0 Å². The van der Waals surface area contributed by atoms with Crippen molar-refractivity contribution in [2.75, 3.05) is 6.61 Å². The molecule has 5 heteroatoms. The Kier molecular flexibility index (Phi) is 5.46. The van der Waals surface area contributed by atoms with E-state index in [4.69, 9.17) is 0 Å². The van der Waals surface area contributed by atoms with Crippen LogP contribution in [0.3, 0.4) is 0 Å². The molecule has 2 aliphatic rings. The quantitative estimate of drug-likeness (QED) is 0.848. The lowest BCUT2D eigenvalue weighted by Crippen LogP contribution is -2.65. The Hall–Kier alpha value is -2.97. The van der Waals surface area contributed by atoms with Crippen molar-refractivity contribution in [1.29, 1.82) is 5.26 Å². The third-order valence-electron chi connectivity index (χ3n) is 5.99. The number of aliphatic hydroxyl groups is 1. The van der Waals surface area contributed by atoms with E-state index in [-0.39, 0.29) is 18.1 Å². The number of likely N-dealkylation sites (tertiary alicyclic amines) is 1. The fourth-order valence-corrected chi connectivity index (χ4v) is 4.59. The molecular weight excluding hydrogens is 367 g/mol. The Bertz CT molecular complexity index is 994. The number of nitriles is 1. The highest BCUT2D eigenvalue weighted by Gasteiger charge is 2.52. The number of hydrogen-bond acceptors (Lipinski definition) is 3. The van der Waals surface area contributed by atoms with Crippen LogP contribution < -0.4 is 0 Å². The van der Waals surface area contributed by atoms with Crippen LogP contribution in [0.2, 0.25) is 0 Å². The number of carbonyl (C=O) groups is 1. The molecule has 4 nitrogen and oxygen atoms in total.